The maximum atomic E-state index is 15.7. The van der Waals surface area contributed by atoms with Gasteiger partial charge in [-0.05, 0) is 106 Å². The van der Waals surface area contributed by atoms with E-state index in [1.54, 1.807) is 18.2 Å². The van der Waals surface area contributed by atoms with Crippen molar-refractivity contribution in [2.24, 2.45) is 0 Å². The standard InChI is InChI=1S/C48H30F2N2O/c49-41-21-9-11-23-43(41)51(31-14-3-1-4-15-31)33-26-27-36-40-29-38-34-18-7-8-19-35(34)45(30-39(38)37-20-13-25-46(48(37)40)53-47(36)28-33)52(32-16-5-2-6-17-32)44-24-12-10-22-42(44)50/h1-30H. The zero-order valence-electron chi connectivity index (χ0n) is 28.4. The zero-order chi connectivity index (χ0) is 35.5. The number of rotatable bonds is 6. The average Bonchev–Trinajstić information content (AvgIpc) is 3.20. The van der Waals surface area contributed by atoms with Crippen molar-refractivity contribution < 1.29 is 13.5 Å². The maximum Gasteiger partial charge on any atom is 0.147 e. The van der Waals surface area contributed by atoms with Crippen LogP contribution in [0.25, 0.3) is 43.4 Å². The average molecular weight is 689 g/mol. The van der Waals surface area contributed by atoms with Gasteiger partial charge < -0.3 is 14.5 Å². The molecule has 0 aromatic heterocycles. The topological polar surface area (TPSA) is 15.7 Å². The number of halogens is 2. The summed E-state index contributed by atoms with van der Waals surface area (Å²) in [5.74, 6) is 0.811. The summed E-state index contributed by atoms with van der Waals surface area (Å²) in [6.45, 7) is 0. The van der Waals surface area contributed by atoms with Crippen LogP contribution >= 0.6 is 0 Å². The van der Waals surface area contributed by atoms with E-state index in [0.29, 0.717) is 17.1 Å². The van der Waals surface area contributed by atoms with E-state index in [0.717, 1.165) is 71.9 Å². The summed E-state index contributed by atoms with van der Waals surface area (Å²) >= 11 is 0. The summed E-state index contributed by atoms with van der Waals surface area (Å²) in [6, 6.07) is 58.5. The molecule has 1 heterocycles. The molecule has 0 radical (unpaired) electrons. The molecule has 5 heteroatoms. The zero-order valence-corrected chi connectivity index (χ0v) is 28.4. The molecule has 0 saturated heterocycles. The van der Waals surface area contributed by atoms with Crippen LogP contribution in [0.15, 0.2) is 182 Å². The molecule has 1 aliphatic rings. The minimum absolute atomic E-state index is 0.303. The highest BCUT2D eigenvalue weighted by Gasteiger charge is 2.26. The highest BCUT2D eigenvalue weighted by Crippen LogP contribution is 2.52. The number of anilines is 6. The second-order valence-electron chi connectivity index (χ2n) is 13.2. The second kappa shape index (κ2) is 12.4. The number of hydrogen-bond donors (Lipinski definition) is 0. The molecule has 53 heavy (non-hydrogen) atoms. The van der Waals surface area contributed by atoms with Crippen molar-refractivity contribution in [1.29, 1.82) is 0 Å². The van der Waals surface area contributed by atoms with Gasteiger partial charge in [0.25, 0.3) is 0 Å². The molecule has 0 bridgehead atoms. The Hall–Kier alpha value is -6.98. The third kappa shape index (κ3) is 5.01. The molecule has 9 aromatic carbocycles. The van der Waals surface area contributed by atoms with Gasteiger partial charge in [-0.15, -0.1) is 0 Å². The molecule has 0 amide bonds. The lowest BCUT2D eigenvalue weighted by atomic mass is 9.88. The smallest absolute Gasteiger partial charge is 0.147 e. The molecule has 10 rings (SSSR count). The van der Waals surface area contributed by atoms with E-state index in [1.807, 2.05) is 119 Å². The van der Waals surface area contributed by atoms with Crippen molar-refractivity contribution in [3.63, 3.8) is 0 Å². The highest BCUT2D eigenvalue weighted by atomic mass is 19.1. The summed E-state index contributed by atoms with van der Waals surface area (Å²) in [5.41, 5.74) is 6.28. The third-order valence-corrected chi connectivity index (χ3v) is 10.1. The van der Waals surface area contributed by atoms with Crippen molar-refractivity contribution in [2.75, 3.05) is 9.80 Å². The minimum atomic E-state index is -0.316. The molecule has 0 atom stereocenters. The number of nitrogens with zero attached hydrogens (tertiary/aromatic N) is 2. The number of hydrogen-bond acceptors (Lipinski definition) is 3. The minimum Gasteiger partial charge on any atom is -0.456 e. The van der Waals surface area contributed by atoms with Gasteiger partial charge in [0.05, 0.1) is 17.1 Å². The van der Waals surface area contributed by atoms with Gasteiger partial charge in [-0.2, -0.15) is 0 Å². The number of ether oxygens (including phenoxy) is 1. The Balaban J connectivity index is 1.21. The summed E-state index contributed by atoms with van der Waals surface area (Å²) in [5, 5.41) is 6.22. The van der Waals surface area contributed by atoms with Gasteiger partial charge in [0.1, 0.15) is 23.1 Å². The van der Waals surface area contributed by atoms with Crippen LogP contribution in [0.2, 0.25) is 0 Å². The van der Waals surface area contributed by atoms with Gasteiger partial charge >= 0.3 is 0 Å². The molecule has 0 saturated carbocycles. The third-order valence-electron chi connectivity index (χ3n) is 10.1. The van der Waals surface area contributed by atoms with Gasteiger partial charge in [-0.3, -0.25) is 0 Å². The molecule has 252 valence electrons. The molecule has 0 fully saturated rings. The fraction of sp³-hybridized carbons (Fsp3) is 0. The van der Waals surface area contributed by atoms with E-state index in [2.05, 4.69) is 42.5 Å². The summed E-state index contributed by atoms with van der Waals surface area (Å²) < 4.78 is 37.8. The predicted molar refractivity (Wildman–Crippen MR) is 214 cm³/mol. The van der Waals surface area contributed by atoms with Gasteiger partial charge in [0.15, 0.2) is 0 Å². The van der Waals surface area contributed by atoms with Crippen LogP contribution in [0.3, 0.4) is 0 Å². The molecular weight excluding hydrogens is 659 g/mol. The Bertz CT molecular complexity index is 2860. The highest BCUT2D eigenvalue weighted by molar-refractivity contribution is 6.25. The lowest BCUT2D eigenvalue weighted by Gasteiger charge is -2.29. The van der Waals surface area contributed by atoms with Crippen LogP contribution < -0.4 is 14.5 Å². The first-order valence-electron chi connectivity index (χ1n) is 17.6. The van der Waals surface area contributed by atoms with Crippen LogP contribution in [0.1, 0.15) is 0 Å². The van der Waals surface area contributed by atoms with Crippen molar-refractivity contribution in [3.05, 3.63) is 194 Å². The molecule has 0 spiro atoms. The van der Waals surface area contributed by atoms with Crippen LogP contribution in [-0.2, 0) is 0 Å². The molecular formula is C48H30F2N2O. The fourth-order valence-electron chi connectivity index (χ4n) is 7.82. The molecule has 0 aliphatic carbocycles. The monoisotopic (exact) mass is 688 g/mol. The maximum absolute atomic E-state index is 15.7. The fourth-order valence-corrected chi connectivity index (χ4v) is 7.82. The molecule has 3 nitrogen and oxygen atoms in total. The van der Waals surface area contributed by atoms with E-state index in [4.69, 9.17) is 4.74 Å². The Labute approximate surface area is 305 Å². The van der Waals surface area contributed by atoms with E-state index >= 15 is 8.78 Å². The largest absolute Gasteiger partial charge is 0.456 e. The van der Waals surface area contributed by atoms with Crippen LogP contribution in [0.4, 0.5) is 42.9 Å². The number of para-hydroxylation sites is 4. The first-order chi connectivity index (χ1) is 26.1. The summed E-state index contributed by atoms with van der Waals surface area (Å²) in [4.78, 5) is 3.92. The molecule has 0 unspecified atom stereocenters. The Morgan fingerprint density at radius 1 is 0.340 bits per heavy atom. The van der Waals surface area contributed by atoms with Crippen LogP contribution in [0.5, 0.6) is 11.5 Å². The van der Waals surface area contributed by atoms with Crippen molar-refractivity contribution in [1.82, 2.24) is 0 Å². The Morgan fingerprint density at radius 3 is 1.60 bits per heavy atom. The summed E-state index contributed by atoms with van der Waals surface area (Å²) in [7, 11) is 0. The van der Waals surface area contributed by atoms with E-state index in [-0.39, 0.29) is 11.6 Å². The van der Waals surface area contributed by atoms with Gasteiger partial charge in [-0.1, -0.05) is 97.1 Å². The second-order valence-corrected chi connectivity index (χ2v) is 13.2. The van der Waals surface area contributed by atoms with Gasteiger partial charge in [0, 0.05) is 39.5 Å². The Kier molecular flexibility index (Phi) is 7.18. The Morgan fingerprint density at radius 2 is 0.906 bits per heavy atom. The molecule has 1 aliphatic heterocycles. The first-order valence-corrected chi connectivity index (χ1v) is 17.6. The van der Waals surface area contributed by atoms with Crippen molar-refractivity contribution in [3.8, 4) is 22.6 Å². The first kappa shape index (κ1) is 30.8. The van der Waals surface area contributed by atoms with E-state index < -0.39 is 0 Å². The predicted octanol–water partition coefficient (Wildman–Crippen LogP) is 14.1. The van der Waals surface area contributed by atoms with E-state index in [1.165, 1.54) is 12.1 Å². The lowest BCUT2D eigenvalue weighted by molar-refractivity contribution is 0.487. The quantitative estimate of drug-likeness (QED) is 0.162. The normalized spacial score (nSPS) is 11.7. The van der Waals surface area contributed by atoms with Crippen molar-refractivity contribution in [2.45, 2.75) is 0 Å². The summed E-state index contributed by atoms with van der Waals surface area (Å²) in [6.07, 6.45) is 0. The van der Waals surface area contributed by atoms with Gasteiger partial charge in [-0.25, -0.2) is 8.78 Å². The number of benzene rings is 9. The SMILES string of the molecule is Fc1ccccc1N(c1ccccc1)c1ccc2c(c1)Oc1cccc3c1c-2cc1c2ccccc2c(N(c2ccccc2)c2ccccc2F)cc31. The number of fused-ring (bicyclic) bond motifs is 6. The van der Waals surface area contributed by atoms with Gasteiger partial charge in [0.2, 0.25) is 0 Å². The van der Waals surface area contributed by atoms with Crippen molar-refractivity contribution >= 4 is 66.4 Å². The lowest BCUT2D eigenvalue weighted by Crippen LogP contribution is -2.12. The van der Waals surface area contributed by atoms with Crippen LogP contribution in [-0.4, -0.2) is 0 Å². The van der Waals surface area contributed by atoms with Crippen LogP contribution in [0, 0.1) is 11.6 Å². The molecule has 9 aromatic rings. The van der Waals surface area contributed by atoms with E-state index in [9.17, 15) is 0 Å². The molecule has 0 N–H and O–H groups in total.